The van der Waals surface area contributed by atoms with Gasteiger partial charge >= 0.3 is 0 Å². The number of nitro groups is 1. The number of ether oxygens (including phenoxy) is 1. The van der Waals surface area contributed by atoms with Crippen LogP contribution >= 0.6 is 11.3 Å². The summed E-state index contributed by atoms with van der Waals surface area (Å²) >= 11 is 1.35. The Hall–Kier alpha value is -2.77. The molecule has 1 fully saturated rings. The molecule has 4 rings (SSSR count). The SMILES string of the molecule is O=C(NCC1(c2ccccc2)CCOCC1)c1cc2cc([N+](=O)[O-])ccc2s1. The van der Waals surface area contributed by atoms with Crippen molar-refractivity contribution in [3.63, 3.8) is 0 Å². The second-order valence-electron chi connectivity index (χ2n) is 7.03. The van der Waals surface area contributed by atoms with Gasteiger partial charge in [-0.25, -0.2) is 0 Å². The van der Waals surface area contributed by atoms with E-state index in [4.69, 9.17) is 4.74 Å². The molecule has 1 N–H and O–H groups in total. The van der Waals surface area contributed by atoms with Crippen molar-refractivity contribution < 1.29 is 14.5 Å². The molecule has 0 unspecified atom stereocenters. The number of carbonyl (C=O) groups is 1. The Kier molecular flexibility index (Phi) is 5.11. The molecular formula is C21H20N2O4S. The standard InChI is InChI=1S/C21H20N2O4S/c24-20(19-13-15-12-17(23(25)26)6-7-18(15)28-19)22-14-21(8-10-27-11-9-21)16-4-2-1-3-5-16/h1-7,12-13H,8-11,14H2,(H,22,24). The fraction of sp³-hybridized carbons (Fsp3) is 0.286. The van der Waals surface area contributed by atoms with E-state index < -0.39 is 4.92 Å². The molecule has 0 bridgehead atoms. The number of nitrogens with zero attached hydrogens (tertiary/aromatic N) is 1. The van der Waals surface area contributed by atoms with Crippen LogP contribution in [0.15, 0.2) is 54.6 Å². The molecule has 6 nitrogen and oxygen atoms in total. The second-order valence-corrected chi connectivity index (χ2v) is 8.12. The van der Waals surface area contributed by atoms with Gasteiger partial charge in [0.2, 0.25) is 0 Å². The fourth-order valence-corrected chi connectivity index (χ4v) is 4.67. The zero-order chi connectivity index (χ0) is 19.6. The smallest absolute Gasteiger partial charge is 0.270 e. The summed E-state index contributed by atoms with van der Waals surface area (Å²) in [6.07, 6.45) is 1.71. The van der Waals surface area contributed by atoms with Crippen molar-refractivity contribution in [1.29, 1.82) is 0 Å². The van der Waals surface area contributed by atoms with Gasteiger partial charge in [0.25, 0.3) is 11.6 Å². The van der Waals surface area contributed by atoms with Crippen molar-refractivity contribution in [3.8, 4) is 0 Å². The van der Waals surface area contributed by atoms with Crippen LogP contribution in [0.5, 0.6) is 0 Å². The summed E-state index contributed by atoms with van der Waals surface area (Å²) in [6, 6.07) is 16.6. The molecule has 1 aliphatic rings. The molecule has 0 spiro atoms. The van der Waals surface area contributed by atoms with E-state index in [1.54, 1.807) is 12.1 Å². The van der Waals surface area contributed by atoms with Gasteiger partial charge in [-0.05, 0) is 30.5 Å². The van der Waals surface area contributed by atoms with Crippen LogP contribution in [0, 0.1) is 10.1 Å². The van der Waals surface area contributed by atoms with Crippen molar-refractivity contribution in [1.82, 2.24) is 5.32 Å². The average molecular weight is 396 g/mol. The molecule has 1 saturated heterocycles. The number of carbonyl (C=O) groups excluding carboxylic acids is 1. The number of benzene rings is 2. The highest BCUT2D eigenvalue weighted by atomic mass is 32.1. The Balaban J connectivity index is 1.54. The first kappa shape index (κ1) is 18.6. The maximum atomic E-state index is 12.8. The van der Waals surface area contributed by atoms with Crippen LogP contribution in [0.3, 0.4) is 0 Å². The number of nitrogens with one attached hydrogen (secondary N) is 1. The van der Waals surface area contributed by atoms with Gasteiger partial charge in [-0.1, -0.05) is 30.3 Å². The minimum absolute atomic E-state index is 0.0301. The van der Waals surface area contributed by atoms with E-state index in [1.165, 1.54) is 29.0 Å². The third-order valence-electron chi connectivity index (χ3n) is 5.36. The summed E-state index contributed by atoms with van der Waals surface area (Å²) in [6.45, 7) is 1.89. The highest BCUT2D eigenvalue weighted by molar-refractivity contribution is 7.20. The first-order valence-corrected chi connectivity index (χ1v) is 9.99. The van der Waals surface area contributed by atoms with Crippen LogP contribution < -0.4 is 5.32 Å². The van der Waals surface area contributed by atoms with Crippen LogP contribution in [0.25, 0.3) is 10.1 Å². The minimum Gasteiger partial charge on any atom is -0.381 e. The summed E-state index contributed by atoms with van der Waals surface area (Å²) in [5, 5.41) is 14.8. The molecule has 1 aromatic heterocycles. The van der Waals surface area contributed by atoms with E-state index >= 15 is 0 Å². The van der Waals surface area contributed by atoms with Gasteiger partial charge in [0.1, 0.15) is 0 Å². The normalized spacial score (nSPS) is 16.0. The summed E-state index contributed by atoms with van der Waals surface area (Å²) in [5.74, 6) is -0.148. The molecular weight excluding hydrogens is 376 g/mol. The molecule has 0 saturated carbocycles. The van der Waals surface area contributed by atoms with Crippen molar-refractivity contribution in [3.05, 3.63) is 75.2 Å². The predicted octanol–water partition coefficient (Wildman–Crippen LogP) is 4.29. The molecule has 1 amide bonds. The van der Waals surface area contributed by atoms with Gasteiger partial charge in [-0.2, -0.15) is 0 Å². The molecule has 3 aromatic rings. The molecule has 0 atom stereocenters. The molecule has 28 heavy (non-hydrogen) atoms. The lowest BCUT2D eigenvalue weighted by Gasteiger charge is -2.37. The lowest BCUT2D eigenvalue weighted by atomic mass is 9.74. The van der Waals surface area contributed by atoms with Gasteiger partial charge in [0.15, 0.2) is 0 Å². The van der Waals surface area contributed by atoms with E-state index in [1.807, 2.05) is 18.2 Å². The van der Waals surface area contributed by atoms with Crippen LogP contribution in [-0.4, -0.2) is 30.6 Å². The van der Waals surface area contributed by atoms with Gasteiger partial charge in [-0.15, -0.1) is 11.3 Å². The number of nitro benzene ring substituents is 1. The van der Waals surface area contributed by atoms with E-state index in [0.717, 1.165) is 17.5 Å². The topological polar surface area (TPSA) is 81.5 Å². The van der Waals surface area contributed by atoms with Crippen molar-refractivity contribution in [2.24, 2.45) is 0 Å². The molecule has 2 heterocycles. The number of fused-ring (bicyclic) bond motifs is 1. The monoisotopic (exact) mass is 396 g/mol. The first-order chi connectivity index (χ1) is 13.6. The molecule has 0 aliphatic carbocycles. The van der Waals surface area contributed by atoms with Crippen molar-refractivity contribution in [2.75, 3.05) is 19.8 Å². The number of thiophene rings is 1. The lowest BCUT2D eigenvalue weighted by molar-refractivity contribution is -0.384. The summed E-state index contributed by atoms with van der Waals surface area (Å²) in [7, 11) is 0. The maximum Gasteiger partial charge on any atom is 0.270 e. The lowest BCUT2D eigenvalue weighted by Crippen LogP contribution is -2.44. The van der Waals surface area contributed by atoms with E-state index in [2.05, 4.69) is 17.4 Å². The van der Waals surface area contributed by atoms with Crippen LogP contribution in [0.2, 0.25) is 0 Å². The molecule has 144 valence electrons. The second kappa shape index (κ2) is 7.69. The number of non-ortho nitro benzene ring substituents is 1. The first-order valence-electron chi connectivity index (χ1n) is 9.17. The molecule has 7 heteroatoms. The summed E-state index contributed by atoms with van der Waals surface area (Å²) in [4.78, 5) is 23.9. The molecule has 1 aliphatic heterocycles. The Bertz CT molecular complexity index is 1010. The quantitative estimate of drug-likeness (QED) is 0.515. The molecule has 0 radical (unpaired) electrons. The number of amides is 1. The van der Waals surface area contributed by atoms with Gasteiger partial charge in [-0.3, -0.25) is 14.9 Å². The van der Waals surface area contributed by atoms with Gasteiger partial charge in [0.05, 0.1) is 9.80 Å². The van der Waals surface area contributed by atoms with Crippen LogP contribution in [-0.2, 0) is 10.2 Å². The predicted molar refractivity (Wildman–Crippen MR) is 109 cm³/mol. The summed E-state index contributed by atoms with van der Waals surface area (Å²) < 4.78 is 6.40. The zero-order valence-corrected chi connectivity index (χ0v) is 16.0. The fourth-order valence-electron chi connectivity index (χ4n) is 3.71. The number of hydrogen-bond donors (Lipinski definition) is 1. The van der Waals surface area contributed by atoms with Crippen molar-refractivity contribution in [2.45, 2.75) is 18.3 Å². The Morgan fingerprint density at radius 2 is 1.89 bits per heavy atom. The van der Waals surface area contributed by atoms with Crippen LogP contribution in [0.1, 0.15) is 28.1 Å². The third kappa shape index (κ3) is 3.63. The van der Waals surface area contributed by atoms with Gasteiger partial charge in [0, 0.05) is 47.4 Å². The van der Waals surface area contributed by atoms with E-state index in [9.17, 15) is 14.9 Å². The number of rotatable bonds is 5. The summed E-state index contributed by atoms with van der Waals surface area (Å²) in [5.41, 5.74) is 1.11. The highest BCUT2D eigenvalue weighted by Gasteiger charge is 2.34. The van der Waals surface area contributed by atoms with Gasteiger partial charge < -0.3 is 10.1 Å². The zero-order valence-electron chi connectivity index (χ0n) is 15.2. The van der Waals surface area contributed by atoms with E-state index in [0.29, 0.717) is 30.0 Å². The highest BCUT2D eigenvalue weighted by Crippen LogP contribution is 2.34. The third-order valence-corrected chi connectivity index (χ3v) is 6.47. The maximum absolute atomic E-state index is 12.8. The minimum atomic E-state index is -0.425. The Morgan fingerprint density at radius 3 is 2.61 bits per heavy atom. The van der Waals surface area contributed by atoms with Crippen molar-refractivity contribution >= 4 is 33.0 Å². The average Bonchev–Trinajstić information content (AvgIpc) is 3.17. The largest absolute Gasteiger partial charge is 0.381 e. The molecule has 2 aromatic carbocycles. The number of hydrogen-bond acceptors (Lipinski definition) is 5. The Labute approximate surface area is 166 Å². The van der Waals surface area contributed by atoms with Crippen LogP contribution in [0.4, 0.5) is 5.69 Å². The van der Waals surface area contributed by atoms with E-state index in [-0.39, 0.29) is 17.0 Å². The Morgan fingerprint density at radius 1 is 1.14 bits per heavy atom.